The van der Waals surface area contributed by atoms with Crippen LogP contribution in [0, 0.1) is 0 Å². The molecular formula is C17H18F3N5O2. The zero-order chi connectivity index (χ0) is 19.7. The van der Waals surface area contributed by atoms with Crippen LogP contribution in [0.5, 0.6) is 5.75 Å². The van der Waals surface area contributed by atoms with E-state index in [1.807, 2.05) is 0 Å². The van der Waals surface area contributed by atoms with Crippen molar-refractivity contribution in [3.05, 3.63) is 54.4 Å². The molecule has 0 atom stereocenters. The Labute approximate surface area is 153 Å². The summed E-state index contributed by atoms with van der Waals surface area (Å²) >= 11 is 0. The number of hydrogen-bond acceptors (Lipinski definition) is 4. The molecule has 2 rings (SSSR count). The number of guanidine groups is 1. The van der Waals surface area contributed by atoms with Crippen LogP contribution >= 0.6 is 0 Å². The number of halogens is 3. The number of carbonyl (C=O) groups is 1. The normalized spacial score (nSPS) is 11.6. The van der Waals surface area contributed by atoms with Crippen molar-refractivity contribution in [3.63, 3.8) is 0 Å². The third kappa shape index (κ3) is 7.22. The first-order valence-electron chi connectivity index (χ1n) is 7.85. The van der Waals surface area contributed by atoms with Crippen molar-refractivity contribution in [1.82, 2.24) is 15.6 Å². The number of benzene rings is 1. The summed E-state index contributed by atoms with van der Waals surface area (Å²) in [5.41, 5.74) is 0.836. The number of aromatic nitrogens is 1. The van der Waals surface area contributed by atoms with Gasteiger partial charge in [-0.2, -0.15) is 0 Å². The summed E-state index contributed by atoms with van der Waals surface area (Å²) in [5.74, 6) is -0.382. The van der Waals surface area contributed by atoms with Crippen molar-refractivity contribution >= 4 is 17.6 Å². The SMILES string of the molecule is CN=C(NCC(=O)Nc1cccnc1)NCc1ccccc1OC(F)(F)F. The predicted molar refractivity (Wildman–Crippen MR) is 94.2 cm³/mol. The number of ether oxygens (including phenoxy) is 1. The van der Waals surface area contributed by atoms with Crippen molar-refractivity contribution in [2.24, 2.45) is 4.99 Å². The first-order chi connectivity index (χ1) is 12.9. The average molecular weight is 381 g/mol. The first-order valence-corrected chi connectivity index (χ1v) is 7.85. The molecule has 0 fully saturated rings. The van der Waals surface area contributed by atoms with Gasteiger partial charge in [0.05, 0.1) is 18.4 Å². The molecule has 0 bridgehead atoms. The number of nitrogens with zero attached hydrogens (tertiary/aromatic N) is 2. The smallest absolute Gasteiger partial charge is 0.405 e. The summed E-state index contributed by atoms with van der Waals surface area (Å²) in [5, 5.41) is 8.24. The van der Waals surface area contributed by atoms with Gasteiger partial charge in [0.2, 0.25) is 5.91 Å². The summed E-state index contributed by atoms with van der Waals surface area (Å²) in [6.07, 6.45) is -1.69. The lowest BCUT2D eigenvalue weighted by Crippen LogP contribution is -2.41. The average Bonchev–Trinajstić information content (AvgIpc) is 2.62. The third-order valence-corrected chi connectivity index (χ3v) is 3.23. The van der Waals surface area contributed by atoms with Crippen molar-refractivity contribution in [1.29, 1.82) is 0 Å². The van der Waals surface area contributed by atoms with E-state index in [-0.39, 0.29) is 36.3 Å². The van der Waals surface area contributed by atoms with E-state index < -0.39 is 6.36 Å². The summed E-state index contributed by atoms with van der Waals surface area (Å²) in [6.45, 7) is -0.0641. The van der Waals surface area contributed by atoms with Crippen molar-refractivity contribution in [2.75, 3.05) is 18.9 Å². The number of hydrogen-bond donors (Lipinski definition) is 3. The van der Waals surface area contributed by atoms with Gasteiger partial charge in [-0.25, -0.2) is 0 Å². The number of amides is 1. The lowest BCUT2D eigenvalue weighted by atomic mass is 10.2. The Balaban J connectivity index is 1.86. The highest BCUT2D eigenvalue weighted by Gasteiger charge is 2.31. The Morgan fingerprint density at radius 1 is 1.19 bits per heavy atom. The lowest BCUT2D eigenvalue weighted by Gasteiger charge is -2.15. The zero-order valence-electron chi connectivity index (χ0n) is 14.4. The molecule has 0 unspecified atom stereocenters. The maximum atomic E-state index is 12.4. The lowest BCUT2D eigenvalue weighted by molar-refractivity contribution is -0.274. The van der Waals surface area contributed by atoms with Crippen LogP contribution in [0.15, 0.2) is 53.8 Å². The Hall–Kier alpha value is -3.30. The molecule has 0 radical (unpaired) electrons. The van der Waals surface area contributed by atoms with E-state index in [9.17, 15) is 18.0 Å². The minimum atomic E-state index is -4.78. The molecule has 27 heavy (non-hydrogen) atoms. The molecule has 1 aromatic heterocycles. The molecule has 0 aliphatic carbocycles. The van der Waals surface area contributed by atoms with Gasteiger partial charge in [0, 0.05) is 25.4 Å². The second-order valence-electron chi connectivity index (χ2n) is 5.22. The Morgan fingerprint density at radius 3 is 2.63 bits per heavy atom. The fourth-order valence-electron chi connectivity index (χ4n) is 2.08. The minimum absolute atomic E-state index is 0.0240. The van der Waals surface area contributed by atoms with E-state index in [1.54, 1.807) is 24.4 Å². The summed E-state index contributed by atoms with van der Waals surface area (Å²) in [7, 11) is 1.48. The maximum Gasteiger partial charge on any atom is 0.573 e. The number of carbonyl (C=O) groups excluding carboxylic acids is 1. The summed E-state index contributed by atoms with van der Waals surface area (Å²) in [4.78, 5) is 19.7. The molecule has 0 aliphatic rings. The zero-order valence-corrected chi connectivity index (χ0v) is 14.4. The molecule has 7 nitrogen and oxygen atoms in total. The second-order valence-corrected chi connectivity index (χ2v) is 5.22. The third-order valence-electron chi connectivity index (χ3n) is 3.23. The molecule has 3 N–H and O–H groups in total. The number of rotatable bonds is 6. The Kier molecular flexibility index (Phi) is 6.98. The number of aliphatic imine (C=N–C) groups is 1. The molecule has 1 heterocycles. The topological polar surface area (TPSA) is 87.6 Å². The minimum Gasteiger partial charge on any atom is -0.405 e. The van der Waals surface area contributed by atoms with E-state index >= 15 is 0 Å². The molecule has 0 saturated carbocycles. The van der Waals surface area contributed by atoms with Crippen LogP contribution < -0.4 is 20.7 Å². The van der Waals surface area contributed by atoms with E-state index in [4.69, 9.17) is 0 Å². The van der Waals surface area contributed by atoms with Crippen molar-refractivity contribution in [3.8, 4) is 5.75 Å². The molecule has 0 aliphatic heterocycles. The van der Waals surface area contributed by atoms with E-state index in [0.29, 0.717) is 5.69 Å². The van der Waals surface area contributed by atoms with Gasteiger partial charge in [-0.15, -0.1) is 13.2 Å². The molecule has 1 amide bonds. The van der Waals surface area contributed by atoms with Gasteiger partial charge >= 0.3 is 6.36 Å². The molecule has 2 aromatic rings. The molecule has 0 spiro atoms. The summed E-state index contributed by atoms with van der Waals surface area (Å²) < 4.78 is 41.3. The van der Waals surface area contributed by atoms with Crippen LogP contribution in [-0.2, 0) is 11.3 Å². The monoisotopic (exact) mass is 381 g/mol. The number of pyridine rings is 1. The first kappa shape index (κ1) is 20.0. The van der Waals surface area contributed by atoms with Crippen LogP contribution in [0.25, 0.3) is 0 Å². The van der Waals surface area contributed by atoms with Gasteiger partial charge in [0.1, 0.15) is 5.75 Å². The van der Waals surface area contributed by atoms with Gasteiger partial charge in [-0.05, 0) is 18.2 Å². The number of alkyl halides is 3. The van der Waals surface area contributed by atoms with Crippen LogP contribution in [0.2, 0.25) is 0 Å². The number of nitrogens with one attached hydrogen (secondary N) is 3. The maximum absolute atomic E-state index is 12.4. The van der Waals surface area contributed by atoms with E-state index in [1.165, 1.54) is 31.4 Å². The molecular weight excluding hydrogens is 363 g/mol. The quantitative estimate of drug-likeness (QED) is 0.528. The molecule has 1 aromatic carbocycles. The number of anilines is 1. The Bertz CT molecular complexity index is 782. The number of para-hydroxylation sites is 1. The van der Waals surface area contributed by atoms with Gasteiger partial charge in [0.25, 0.3) is 0 Å². The molecule has 144 valence electrons. The van der Waals surface area contributed by atoms with Crippen LogP contribution in [0.3, 0.4) is 0 Å². The fraction of sp³-hybridized carbons (Fsp3) is 0.235. The van der Waals surface area contributed by atoms with Crippen molar-refractivity contribution in [2.45, 2.75) is 12.9 Å². The van der Waals surface area contributed by atoms with Gasteiger partial charge < -0.3 is 20.7 Å². The standard InChI is InChI=1S/C17H18F3N5O2/c1-21-16(24-11-15(26)25-13-6-4-8-22-10-13)23-9-12-5-2-3-7-14(12)27-17(18,19)20/h2-8,10H,9,11H2,1H3,(H,25,26)(H2,21,23,24). The highest BCUT2D eigenvalue weighted by molar-refractivity contribution is 5.94. The van der Waals surface area contributed by atoms with Crippen LogP contribution in [-0.4, -0.2) is 36.8 Å². The van der Waals surface area contributed by atoms with Crippen LogP contribution in [0.4, 0.5) is 18.9 Å². The highest BCUT2D eigenvalue weighted by atomic mass is 19.4. The predicted octanol–water partition coefficient (Wildman–Crippen LogP) is 2.28. The fourth-order valence-corrected chi connectivity index (χ4v) is 2.08. The largest absolute Gasteiger partial charge is 0.573 e. The van der Waals surface area contributed by atoms with Gasteiger partial charge in [-0.1, -0.05) is 18.2 Å². The summed E-state index contributed by atoms with van der Waals surface area (Å²) in [6, 6.07) is 9.14. The molecule has 0 saturated heterocycles. The van der Waals surface area contributed by atoms with E-state index in [0.717, 1.165) is 0 Å². The Morgan fingerprint density at radius 2 is 1.96 bits per heavy atom. The molecule has 10 heteroatoms. The van der Waals surface area contributed by atoms with Gasteiger partial charge in [-0.3, -0.25) is 14.8 Å². The second kappa shape index (κ2) is 9.41. The van der Waals surface area contributed by atoms with E-state index in [2.05, 4.69) is 30.7 Å². The van der Waals surface area contributed by atoms with Crippen LogP contribution in [0.1, 0.15) is 5.56 Å². The van der Waals surface area contributed by atoms with Gasteiger partial charge in [0.15, 0.2) is 5.96 Å². The highest BCUT2D eigenvalue weighted by Crippen LogP contribution is 2.25. The van der Waals surface area contributed by atoms with Crippen molar-refractivity contribution < 1.29 is 22.7 Å².